The van der Waals surface area contributed by atoms with Crippen molar-refractivity contribution >= 4 is 22.6 Å². The molecule has 1 amide bonds. The zero-order valence-electron chi connectivity index (χ0n) is 9.95. The number of anilines is 1. The number of para-hydroxylation sites is 1. The van der Waals surface area contributed by atoms with Gasteiger partial charge in [0.2, 0.25) is 0 Å². The van der Waals surface area contributed by atoms with E-state index in [9.17, 15) is 4.79 Å². The van der Waals surface area contributed by atoms with Crippen LogP contribution in [-0.2, 0) is 0 Å². The number of carbonyl (C=O) groups is 1. The molecule has 92 valence electrons. The molecule has 0 spiro atoms. The Morgan fingerprint density at radius 2 is 1.95 bits per heavy atom. The van der Waals surface area contributed by atoms with Gasteiger partial charge >= 0.3 is 0 Å². The Morgan fingerprint density at radius 1 is 1.05 bits per heavy atom. The van der Waals surface area contributed by atoms with Gasteiger partial charge in [0.05, 0.1) is 5.52 Å². The van der Waals surface area contributed by atoms with Gasteiger partial charge in [0.1, 0.15) is 17.8 Å². The average Bonchev–Trinajstić information content (AvgIpc) is 2.48. The molecule has 0 saturated carbocycles. The fraction of sp³-hybridized carbons (Fsp3) is 0. The summed E-state index contributed by atoms with van der Waals surface area (Å²) in [7, 11) is 0. The molecule has 0 aliphatic heterocycles. The van der Waals surface area contributed by atoms with Crippen LogP contribution in [0, 0.1) is 0 Å². The maximum atomic E-state index is 12.0. The standard InChI is InChI=1S/C14H10N4O/c19-14(18-13-7-8-15-9-16-13)12-6-5-10-3-1-2-4-11(10)17-12/h1-9H,(H,15,16,18,19). The van der Waals surface area contributed by atoms with E-state index >= 15 is 0 Å². The van der Waals surface area contributed by atoms with Crippen LogP contribution in [0.2, 0.25) is 0 Å². The number of nitrogens with one attached hydrogen (secondary N) is 1. The largest absolute Gasteiger partial charge is 0.305 e. The normalized spacial score (nSPS) is 10.3. The lowest BCUT2D eigenvalue weighted by atomic mass is 10.2. The lowest BCUT2D eigenvalue weighted by molar-refractivity contribution is 0.102. The van der Waals surface area contributed by atoms with Crippen LogP contribution in [0.4, 0.5) is 5.82 Å². The molecule has 3 aromatic rings. The SMILES string of the molecule is O=C(Nc1ccncn1)c1ccc2ccccc2n1. The molecular weight excluding hydrogens is 240 g/mol. The molecule has 19 heavy (non-hydrogen) atoms. The van der Waals surface area contributed by atoms with Crippen LogP contribution in [0.3, 0.4) is 0 Å². The first kappa shape index (κ1) is 11.3. The maximum Gasteiger partial charge on any atom is 0.275 e. The summed E-state index contributed by atoms with van der Waals surface area (Å²) in [4.78, 5) is 24.1. The average molecular weight is 250 g/mol. The van der Waals surface area contributed by atoms with Crippen molar-refractivity contribution in [3.8, 4) is 0 Å². The molecule has 0 unspecified atom stereocenters. The van der Waals surface area contributed by atoms with Crippen molar-refractivity contribution in [1.82, 2.24) is 15.0 Å². The Hall–Kier alpha value is -2.82. The molecule has 0 bridgehead atoms. The van der Waals surface area contributed by atoms with Crippen molar-refractivity contribution in [1.29, 1.82) is 0 Å². The Balaban J connectivity index is 1.89. The van der Waals surface area contributed by atoms with Gasteiger partial charge in [-0.15, -0.1) is 0 Å². The van der Waals surface area contributed by atoms with E-state index in [0.29, 0.717) is 11.5 Å². The maximum absolute atomic E-state index is 12.0. The first-order valence-electron chi connectivity index (χ1n) is 5.76. The van der Waals surface area contributed by atoms with E-state index in [1.165, 1.54) is 6.33 Å². The first-order valence-corrected chi connectivity index (χ1v) is 5.76. The van der Waals surface area contributed by atoms with Gasteiger partial charge in [0.15, 0.2) is 0 Å². The van der Waals surface area contributed by atoms with E-state index in [2.05, 4.69) is 20.3 Å². The first-order chi connectivity index (χ1) is 9.33. The number of amides is 1. The second-order valence-electron chi connectivity index (χ2n) is 3.94. The fourth-order valence-electron chi connectivity index (χ4n) is 1.74. The van der Waals surface area contributed by atoms with Gasteiger partial charge in [-0.3, -0.25) is 4.79 Å². The zero-order valence-corrected chi connectivity index (χ0v) is 9.95. The van der Waals surface area contributed by atoms with E-state index < -0.39 is 0 Å². The molecule has 1 aromatic carbocycles. The third-order valence-corrected chi connectivity index (χ3v) is 2.65. The molecule has 2 heterocycles. The zero-order chi connectivity index (χ0) is 13.1. The summed E-state index contributed by atoms with van der Waals surface area (Å²) in [5, 5.41) is 3.67. The minimum absolute atomic E-state index is 0.288. The molecular formula is C14H10N4O. The highest BCUT2D eigenvalue weighted by atomic mass is 16.1. The second kappa shape index (κ2) is 4.81. The predicted molar refractivity (Wildman–Crippen MR) is 71.7 cm³/mol. The van der Waals surface area contributed by atoms with Crippen molar-refractivity contribution < 1.29 is 4.79 Å². The van der Waals surface area contributed by atoms with Crippen molar-refractivity contribution in [2.45, 2.75) is 0 Å². The fourth-order valence-corrected chi connectivity index (χ4v) is 1.74. The lowest BCUT2D eigenvalue weighted by Gasteiger charge is -2.04. The number of aromatic nitrogens is 3. The number of nitrogens with zero attached hydrogens (tertiary/aromatic N) is 3. The van der Waals surface area contributed by atoms with Crippen molar-refractivity contribution in [3.05, 3.63) is 60.7 Å². The lowest BCUT2D eigenvalue weighted by Crippen LogP contribution is -2.14. The van der Waals surface area contributed by atoms with E-state index in [1.54, 1.807) is 18.3 Å². The highest BCUT2D eigenvalue weighted by Gasteiger charge is 2.08. The summed E-state index contributed by atoms with van der Waals surface area (Å²) in [6.07, 6.45) is 2.94. The quantitative estimate of drug-likeness (QED) is 0.757. The number of rotatable bonds is 2. The molecule has 5 heteroatoms. The summed E-state index contributed by atoms with van der Waals surface area (Å²) in [6.45, 7) is 0. The van der Waals surface area contributed by atoms with Gasteiger partial charge in [-0.2, -0.15) is 0 Å². The van der Waals surface area contributed by atoms with Gasteiger partial charge in [0, 0.05) is 11.6 Å². The molecule has 3 rings (SSSR count). The number of benzene rings is 1. The van der Waals surface area contributed by atoms with Crippen molar-refractivity contribution in [3.63, 3.8) is 0 Å². The van der Waals surface area contributed by atoms with Crippen LogP contribution in [0.25, 0.3) is 10.9 Å². The van der Waals surface area contributed by atoms with Crippen LogP contribution >= 0.6 is 0 Å². The second-order valence-corrected chi connectivity index (χ2v) is 3.94. The topological polar surface area (TPSA) is 67.8 Å². The summed E-state index contributed by atoms with van der Waals surface area (Å²) in [5.41, 5.74) is 1.15. The van der Waals surface area contributed by atoms with Crippen LogP contribution in [0.15, 0.2) is 55.0 Å². The Bertz CT molecular complexity index is 728. The Morgan fingerprint density at radius 3 is 2.79 bits per heavy atom. The van der Waals surface area contributed by atoms with Gasteiger partial charge in [-0.25, -0.2) is 15.0 Å². The van der Waals surface area contributed by atoms with E-state index in [0.717, 1.165) is 10.9 Å². The van der Waals surface area contributed by atoms with Gasteiger partial charge in [-0.05, 0) is 18.2 Å². The van der Waals surface area contributed by atoms with E-state index in [4.69, 9.17) is 0 Å². The summed E-state index contributed by atoms with van der Waals surface area (Å²) in [5.74, 6) is 0.166. The number of hydrogen-bond donors (Lipinski definition) is 1. The summed E-state index contributed by atoms with van der Waals surface area (Å²) in [6, 6.07) is 12.8. The highest BCUT2D eigenvalue weighted by molar-refractivity contribution is 6.03. The molecule has 0 atom stereocenters. The molecule has 0 aliphatic carbocycles. The number of carbonyl (C=O) groups excluding carboxylic acids is 1. The van der Waals surface area contributed by atoms with E-state index in [1.807, 2.05) is 30.3 Å². The van der Waals surface area contributed by atoms with Gasteiger partial charge < -0.3 is 5.32 Å². The Kier molecular flexibility index (Phi) is 2.86. The van der Waals surface area contributed by atoms with Crippen LogP contribution < -0.4 is 5.32 Å². The van der Waals surface area contributed by atoms with Crippen LogP contribution in [0.1, 0.15) is 10.5 Å². The molecule has 0 aliphatic rings. The molecule has 0 saturated heterocycles. The Labute approximate surface area is 109 Å². The van der Waals surface area contributed by atoms with Crippen LogP contribution in [-0.4, -0.2) is 20.9 Å². The third-order valence-electron chi connectivity index (χ3n) is 2.65. The van der Waals surface area contributed by atoms with Gasteiger partial charge in [0.25, 0.3) is 5.91 Å². The monoisotopic (exact) mass is 250 g/mol. The number of pyridine rings is 1. The summed E-state index contributed by atoms with van der Waals surface area (Å²) >= 11 is 0. The summed E-state index contributed by atoms with van der Waals surface area (Å²) < 4.78 is 0. The smallest absolute Gasteiger partial charge is 0.275 e. The predicted octanol–water partition coefficient (Wildman–Crippen LogP) is 2.28. The number of fused-ring (bicyclic) bond motifs is 1. The highest BCUT2D eigenvalue weighted by Crippen LogP contribution is 2.12. The molecule has 2 aromatic heterocycles. The van der Waals surface area contributed by atoms with Crippen LogP contribution in [0.5, 0.6) is 0 Å². The molecule has 0 fully saturated rings. The minimum atomic E-state index is -0.288. The minimum Gasteiger partial charge on any atom is -0.305 e. The van der Waals surface area contributed by atoms with E-state index in [-0.39, 0.29) is 5.91 Å². The molecule has 5 nitrogen and oxygen atoms in total. The molecule has 0 radical (unpaired) electrons. The van der Waals surface area contributed by atoms with Crippen molar-refractivity contribution in [2.24, 2.45) is 0 Å². The molecule has 1 N–H and O–H groups in total. The third kappa shape index (κ3) is 2.40. The van der Waals surface area contributed by atoms with Gasteiger partial charge in [-0.1, -0.05) is 24.3 Å². The van der Waals surface area contributed by atoms with Crippen molar-refractivity contribution in [2.75, 3.05) is 5.32 Å². The number of hydrogen-bond acceptors (Lipinski definition) is 4.